The van der Waals surface area contributed by atoms with E-state index < -0.39 is 28.6 Å². The van der Waals surface area contributed by atoms with Crippen molar-refractivity contribution in [2.45, 2.75) is 38.8 Å². The van der Waals surface area contributed by atoms with Crippen molar-refractivity contribution in [1.29, 1.82) is 0 Å². The minimum atomic E-state index is -1.90. The number of rotatable bonds is 5. The summed E-state index contributed by atoms with van der Waals surface area (Å²) in [5, 5.41) is 9.39. The molecule has 0 N–H and O–H groups in total. The normalized spacial score (nSPS) is 17.6. The number of para-hydroxylation sites is 1. The van der Waals surface area contributed by atoms with Crippen molar-refractivity contribution in [2.24, 2.45) is 0 Å². The first-order valence-corrected chi connectivity index (χ1v) is 14.1. The summed E-state index contributed by atoms with van der Waals surface area (Å²) in [7, 11) is 0. The molecule has 2 aliphatic rings. The van der Waals surface area contributed by atoms with Gasteiger partial charge in [-0.15, -0.1) is 10.2 Å². The van der Waals surface area contributed by atoms with E-state index in [9.17, 15) is 18.8 Å². The summed E-state index contributed by atoms with van der Waals surface area (Å²) in [4.78, 5) is 46.2. The van der Waals surface area contributed by atoms with Crippen LogP contribution in [0.4, 0.5) is 15.2 Å². The maximum absolute atomic E-state index is 14.9. The summed E-state index contributed by atoms with van der Waals surface area (Å²) in [6.07, 6.45) is 1.46. The SMILES string of the molecule is CCCc1nnc(N2C(=O)c3oc4ccc(F)cc4c(=O)c3C23C(=O)N(Cc2ccc(C)cc2)c2ccccc23)s1. The molecule has 5 aromatic rings. The van der Waals surface area contributed by atoms with Gasteiger partial charge in [-0.2, -0.15) is 0 Å². The Morgan fingerprint density at radius 2 is 1.78 bits per heavy atom. The Kier molecular flexibility index (Phi) is 5.65. The number of nitrogens with zero attached hydrogens (tertiary/aromatic N) is 4. The standard InChI is InChI=1S/C31H23FN4O4S/c1-3-6-24-33-34-30(41-24)36-28(38)27-25(26(37)20-15-19(32)13-14-23(20)40-27)31(36)21-7-4-5-8-22(21)35(29(31)39)16-18-11-9-17(2)10-12-18/h4-5,7-15H,3,6,16H2,1-2H3. The minimum Gasteiger partial charge on any atom is -0.450 e. The van der Waals surface area contributed by atoms with Gasteiger partial charge in [0.15, 0.2) is 11.0 Å². The zero-order valence-corrected chi connectivity index (χ0v) is 23.0. The smallest absolute Gasteiger partial charge is 0.297 e. The van der Waals surface area contributed by atoms with Crippen molar-refractivity contribution in [3.8, 4) is 0 Å². The van der Waals surface area contributed by atoms with E-state index >= 15 is 0 Å². The molecule has 0 fully saturated rings. The molecule has 2 aliphatic heterocycles. The number of carbonyl (C=O) groups is 2. The molecule has 2 aromatic heterocycles. The number of halogens is 1. The molecular formula is C31H23FN4O4S. The highest BCUT2D eigenvalue weighted by atomic mass is 32.1. The highest BCUT2D eigenvalue weighted by molar-refractivity contribution is 7.15. The van der Waals surface area contributed by atoms with Gasteiger partial charge in [0.1, 0.15) is 16.4 Å². The van der Waals surface area contributed by atoms with Crippen molar-refractivity contribution in [2.75, 3.05) is 9.80 Å². The molecule has 0 bridgehead atoms. The van der Waals surface area contributed by atoms with Crippen LogP contribution >= 0.6 is 11.3 Å². The molecule has 0 saturated carbocycles. The van der Waals surface area contributed by atoms with E-state index in [1.807, 2.05) is 38.1 Å². The summed E-state index contributed by atoms with van der Waals surface area (Å²) in [6.45, 7) is 4.20. The van der Waals surface area contributed by atoms with E-state index in [1.165, 1.54) is 22.3 Å². The predicted molar refractivity (Wildman–Crippen MR) is 153 cm³/mol. The van der Waals surface area contributed by atoms with Crippen LogP contribution in [0.2, 0.25) is 0 Å². The Hall–Kier alpha value is -4.70. The molecule has 41 heavy (non-hydrogen) atoms. The van der Waals surface area contributed by atoms with Gasteiger partial charge >= 0.3 is 0 Å². The lowest BCUT2D eigenvalue weighted by Crippen LogP contribution is -2.53. The third kappa shape index (κ3) is 3.53. The highest BCUT2D eigenvalue weighted by Gasteiger charge is 2.66. The van der Waals surface area contributed by atoms with Crippen molar-refractivity contribution < 1.29 is 18.4 Å². The molecule has 4 heterocycles. The highest BCUT2D eigenvalue weighted by Crippen LogP contribution is 2.54. The molecule has 8 nitrogen and oxygen atoms in total. The van der Waals surface area contributed by atoms with Gasteiger partial charge in [-0.3, -0.25) is 19.3 Å². The monoisotopic (exact) mass is 566 g/mol. The molecule has 0 aliphatic carbocycles. The van der Waals surface area contributed by atoms with Crippen LogP contribution in [0, 0.1) is 12.7 Å². The van der Waals surface area contributed by atoms with Crippen molar-refractivity contribution in [3.05, 3.63) is 116 Å². The van der Waals surface area contributed by atoms with Gasteiger partial charge in [0.05, 0.1) is 23.2 Å². The van der Waals surface area contributed by atoms with Crippen LogP contribution in [0.15, 0.2) is 75.9 Å². The first kappa shape index (κ1) is 25.3. The number of aryl methyl sites for hydroxylation is 2. The lowest BCUT2D eigenvalue weighted by Gasteiger charge is -2.32. The van der Waals surface area contributed by atoms with Gasteiger partial charge in [-0.25, -0.2) is 4.39 Å². The van der Waals surface area contributed by atoms with Crippen molar-refractivity contribution in [3.63, 3.8) is 0 Å². The van der Waals surface area contributed by atoms with Crippen molar-refractivity contribution in [1.82, 2.24) is 10.2 Å². The zero-order valence-electron chi connectivity index (χ0n) is 22.2. The van der Waals surface area contributed by atoms with E-state index in [4.69, 9.17) is 4.42 Å². The van der Waals surface area contributed by atoms with Crippen LogP contribution in [0.5, 0.6) is 0 Å². The maximum atomic E-state index is 14.9. The lowest BCUT2D eigenvalue weighted by molar-refractivity contribution is -0.121. The number of amides is 2. The van der Waals surface area contributed by atoms with Gasteiger partial charge in [0.25, 0.3) is 11.8 Å². The predicted octanol–water partition coefficient (Wildman–Crippen LogP) is 5.50. The zero-order chi connectivity index (χ0) is 28.5. The van der Waals surface area contributed by atoms with Gasteiger partial charge in [0.2, 0.25) is 10.9 Å². The second-order valence-corrected chi connectivity index (χ2v) is 11.3. The summed E-state index contributed by atoms with van der Waals surface area (Å²) in [6, 6.07) is 18.4. The Balaban J connectivity index is 1.53. The molecule has 204 valence electrons. The second kappa shape index (κ2) is 9.17. The Bertz CT molecular complexity index is 1950. The van der Waals surface area contributed by atoms with Crippen molar-refractivity contribution >= 4 is 44.9 Å². The van der Waals surface area contributed by atoms with Crippen LogP contribution in [-0.2, 0) is 23.3 Å². The van der Waals surface area contributed by atoms with Crippen LogP contribution in [0.1, 0.15) is 51.2 Å². The minimum absolute atomic E-state index is 0.0519. The van der Waals surface area contributed by atoms with Gasteiger partial charge < -0.3 is 9.32 Å². The lowest BCUT2D eigenvalue weighted by atomic mass is 9.84. The molecule has 2 amide bonds. The number of anilines is 2. The van der Waals surface area contributed by atoms with E-state index in [-0.39, 0.29) is 34.0 Å². The van der Waals surface area contributed by atoms with Gasteiger partial charge in [0, 0.05) is 12.0 Å². The first-order chi connectivity index (χ1) is 19.8. The number of hydrogen-bond acceptors (Lipinski definition) is 7. The topological polar surface area (TPSA) is 96.6 Å². The maximum Gasteiger partial charge on any atom is 0.297 e. The average molecular weight is 567 g/mol. The third-order valence-electron chi connectivity index (χ3n) is 7.66. The van der Waals surface area contributed by atoms with Gasteiger partial charge in [-0.1, -0.05) is 66.3 Å². The third-order valence-corrected chi connectivity index (χ3v) is 8.63. The molecule has 7 rings (SSSR count). The van der Waals surface area contributed by atoms with Crippen LogP contribution < -0.4 is 15.2 Å². The summed E-state index contributed by atoms with van der Waals surface area (Å²) in [5.74, 6) is -2.07. The fourth-order valence-corrected chi connectivity index (χ4v) is 6.81. The largest absolute Gasteiger partial charge is 0.450 e. The molecule has 3 aromatic carbocycles. The van der Waals surface area contributed by atoms with E-state index in [0.29, 0.717) is 22.7 Å². The number of aromatic nitrogens is 2. The Morgan fingerprint density at radius 1 is 1.00 bits per heavy atom. The summed E-state index contributed by atoms with van der Waals surface area (Å²) < 4.78 is 20.3. The molecule has 1 unspecified atom stereocenters. The quantitative estimate of drug-likeness (QED) is 0.279. The molecule has 0 radical (unpaired) electrons. The Morgan fingerprint density at radius 3 is 2.56 bits per heavy atom. The summed E-state index contributed by atoms with van der Waals surface area (Å²) in [5.41, 5.74) is 0.320. The van der Waals surface area contributed by atoms with E-state index in [2.05, 4.69) is 10.2 Å². The number of benzene rings is 3. The van der Waals surface area contributed by atoms with Crippen LogP contribution in [0.3, 0.4) is 0 Å². The van der Waals surface area contributed by atoms with Crippen LogP contribution in [0.25, 0.3) is 11.0 Å². The molecule has 1 atom stereocenters. The molecular weight excluding hydrogens is 543 g/mol. The van der Waals surface area contributed by atoms with E-state index in [1.54, 1.807) is 29.2 Å². The molecule has 0 saturated heterocycles. The van der Waals surface area contributed by atoms with Gasteiger partial charge in [-0.05, 0) is 43.2 Å². The Labute approximate surface area is 237 Å². The number of hydrogen-bond donors (Lipinski definition) is 0. The van der Waals surface area contributed by atoms with E-state index in [0.717, 1.165) is 29.7 Å². The summed E-state index contributed by atoms with van der Waals surface area (Å²) >= 11 is 1.19. The fourth-order valence-electron chi connectivity index (χ4n) is 5.82. The first-order valence-electron chi connectivity index (χ1n) is 13.3. The second-order valence-electron chi connectivity index (χ2n) is 10.2. The number of carbonyl (C=O) groups excluding carboxylic acids is 2. The fraction of sp³-hybridized carbons (Fsp3) is 0.194. The number of fused-ring (bicyclic) bond motifs is 5. The average Bonchev–Trinajstić information content (AvgIpc) is 3.60. The van der Waals surface area contributed by atoms with Crippen LogP contribution in [-0.4, -0.2) is 22.0 Å². The molecule has 1 spiro atoms. The molecule has 10 heteroatoms.